The summed E-state index contributed by atoms with van der Waals surface area (Å²) < 4.78 is 18.4. The van der Waals surface area contributed by atoms with E-state index in [0.717, 1.165) is 5.56 Å². The van der Waals surface area contributed by atoms with E-state index in [9.17, 15) is 9.50 Å². The van der Waals surface area contributed by atoms with Crippen molar-refractivity contribution in [1.29, 1.82) is 0 Å². The van der Waals surface area contributed by atoms with Crippen LogP contribution in [0, 0.1) is 5.82 Å². The lowest BCUT2D eigenvalue weighted by Gasteiger charge is -2.23. The minimum atomic E-state index is -0.899. The number of ether oxygens (including phenoxy) is 1. The second kappa shape index (κ2) is 6.89. The fourth-order valence-corrected chi connectivity index (χ4v) is 2.57. The normalized spacial score (nSPS) is 13.8. The van der Waals surface area contributed by atoms with Crippen molar-refractivity contribution in [3.8, 4) is 5.75 Å². The average Bonchev–Trinajstić information content (AvgIpc) is 2.50. The molecule has 0 fully saturated rings. The van der Waals surface area contributed by atoms with Gasteiger partial charge in [-0.1, -0.05) is 35.9 Å². The minimum Gasteiger partial charge on any atom is -0.494 e. The third-order valence-corrected chi connectivity index (χ3v) is 3.80. The van der Waals surface area contributed by atoms with Crippen LogP contribution >= 0.6 is 11.6 Å². The van der Waals surface area contributed by atoms with E-state index in [4.69, 9.17) is 22.1 Å². The van der Waals surface area contributed by atoms with E-state index >= 15 is 0 Å². The molecule has 0 radical (unpaired) electrons. The molecule has 2 unspecified atom stereocenters. The molecule has 0 saturated carbocycles. The van der Waals surface area contributed by atoms with Gasteiger partial charge in [-0.2, -0.15) is 0 Å². The van der Waals surface area contributed by atoms with Gasteiger partial charge in [0.25, 0.3) is 0 Å². The summed E-state index contributed by atoms with van der Waals surface area (Å²) in [5.41, 5.74) is 7.08. The predicted octanol–water partition coefficient (Wildman–Crippen LogP) is 3.26. The number of aliphatic hydroxyl groups excluding tert-OH is 1. The molecule has 0 aliphatic heterocycles. The molecule has 3 nitrogen and oxygen atoms in total. The summed E-state index contributed by atoms with van der Waals surface area (Å²) in [5, 5.41) is 11.1. The Morgan fingerprint density at radius 3 is 2.62 bits per heavy atom. The van der Waals surface area contributed by atoms with E-state index in [-0.39, 0.29) is 18.2 Å². The number of aliphatic hydroxyl groups is 1. The summed E-state index contributed by atoms with van der Waals surface area (Å²) in [6, 6.07) is 11.5. The number of benzene rings is 2. The lowest BCUT2D eigenvalue weighted by atomic mass is 9.89. The molecular weight excluding hydrogens is 293 g/mol. The average molecular weight is 310 g/mol. The van der Waals surface area contributed by atoms with Gasteiger partial charge in [-0.05, 0) is 29.3 Å². The van der Waals surface area contributed by atoms with Crippen molar-refractivity contribution in [2.75, 3.05) is 13.7 Å². The van der Waals surface area contributed by atoms with Crippen molar-refractivity contribution in [3.05, 3.63) is 64.4 Å². The molecule has 0 heterocycles. The molecule has 5 heteroatoms. The third kappa shape index (κ3) is 3.35. The molecule has 0 bridgehead atoms. The molecule has 2 aromatic rings. The highest BCUT2D eigenvalue weighted by atomic mass is 35.5. The number of hydrogen-bond acceptors (Lipinski definition) is 3. The Morgan fingerprint density at radius 2 is 2.00 bits per heavy atom. The Balaban J connectivity index is 2.37. The van der Waals surface area contributed by atoms with E-state index in [1.54, 1.807) is 6.07 Å². The molecular formula is C16H17ClFNO2. The molecule has 0 amide bonds. The van der Waals surface area contributed by atoms with Gasteiger partial charge in [0, 0.05) is 17.5 Å². The number of methoxy groups -OCH3 is 1. The highest BCUT2D eigenvalue weighted by Gasteiger charge is 2.24. The Morgan fingerprint density at radius 1 is 1.29 bits per heavy atom. The molecule has 2 rings (SSSR count). The molecule has 3 N–H and O–H groups in total. The molecule has 2 atom stereocenters. The lowest BCUT2D eigenvalue weighted by molar-refractivity contribution is 0.147. The van der Waals surface area contributed by atoms with Crippen LogP contribution in [0.5, 0.6) is 5.75 Å². The molecule has 0 saturated heterocycles. The second-order valence-electron chi connectivity index (χ2n) is 4.70. The van der Waals surface area contributed by atoms with Gasteiger partial charge < -0.3 is 15.6 Å². The molecule has 0 aliphatic rings. The van der Waals surface area contributed by atoms with Crippen LogP contribution < -0.4 is 10.5 Å². The van der Waals surface area contributed by atoms with Crippen molar-refractivity contribution in [1.82, 2.24) is 0 Å². The van der Waals surface area contributed by atoms with Crippen LogP contribution in [-0.4, -0.2) is 18.8 Å². The van der Waals surface area contributed by atoms with E-state index in [0.29, 0.717) is 10.6 Å². The first-order valence-corrected chi connectivity index (χ1v) is 6.92. The number of hydrogen-bond donors (Lipinski definition) is 2. The topological polar surface area (TPSA) is 55.5 Å². The van der Waals surface area contributed by atoms with Gasteiger partial charge >= 0.3 is 0 Å². The van der Waals surface area contributed by atoms with Crippen molar-refractivity contribution in [3.63, 3.8) is 0 Å². The first kappa shape index (κ1) is 15.8. The van der Waals surface area contributed by atoms with Gasteiger partial charge in [0.1, 0.15) is 0 Å². The van der Waals surface area contributed by atoms with Crippen molar-refractivity contribution in [2.24, 2.45) is 5.73 Å². The Bertz CT molecular complexity index is 621. The Kier molecular flexibility index (Phi) is 5.17. The smallest absolute Gasteiger partial charge is 0.165 e. The van der Waals surface area contributed by atoms with Crippen LogP contribution in [-0.2, 0) is 0 Å². The first-order valence-electron chi connectivity index (χ1n) is 6.54. The van der Waals surface area contributed by atoms with Crippen LogP contribution in [0.2, 0.25) is 5.02 Å². The van der Waals surface area contributed by atoms with Crippen molar-refractivity contribution < 1.29 is 14.2 Å². The third-order valence-electron chi connectivity index (χ3n) is 3.46. The molecule has 112 valence electrons. The standard InChI is InChI=1S/C16H17ClFNO2/c1-21-15-8-10(6-7-14(15)18)16(20)12(9-19)11-4-2-3-5-13(11)17/h2-8,12,16,20H,9,19H2,1H3. The Labute approximate surface area is 128 Å². The van der Waals surface area contributed by atoms with E-state index in [1.807, 2.05) is 18.2 Å². The largest absolute Gasteiger partial charge is 0.494 e. The second-order valence-corrected chi connectivity index (χ2v) is 5.11. The van der Waals surface area contributed by atoms with Crippen molar-refractivity contribution >= 4 is 11.6 Å². The summed E-state index contributed by atoms with van der Waals surface area (Å²) in [6.07, 6.45) is -0.899. The number of halogens is 2. The SMILES string of the molecule is COc1cc(C(O)C(CN)c2ccccc2Cl)ccc1F. The zero-order valence-corrected chi connectivity index (χ0v) is 12.3. The minimum absolute atomic E-state index is 0.0847. The van der Waals surface area contributed by atoms with Gasteiger partial charge in [-0.25, -0.2) is 4.39 Å². The van der Waals surface area contributed by atoms with Crippen LogP contribution in [0.1, 0.15) is 23.1 Å². The van der Waals surface area contributed by atoms with E-state index < -0.39 is 11.9 Å². The summed E-state index contributed by atoms with van der Waals surface area (Å²) in [4.78, 5) is 0. The fraction of sp³-hybridized carbons (Fsp3) is 0.250. The summed E-state index contributed by atoms with van der Waals surface area (Å²) in [5.74, 6) is -0.772. The van der Waals surface area contributed by atoms with Crippen LogP contribution in [0.15, 0.2) is 42.5 Å². The van der Waals surface area contributed by atoms with Gasteiger partial charge in [-0.15, -0.1) is 0 Å². The van der Waals surface area contributed by atoms with Gasteiger partial charge in [-0.3, -0.25) is 0 Å². The van der Waals surface area contributed by atoms with Crippen LogP contribution in [0.3, 0.4) is 0 Å². The summed E-state index contributed by atoms with van der Waals surface area (Å²) >= 11 is 6.16. The summed E-state index contributed by atoms with van der Waals surface area (Å²) in [6.45, 7) is 0.213. The molecule has 2 aromatic carbocycles. The molecule has 0 aromatic heterocycles. The maximum atomic E-state index is 13.5. The lowest BCUT2D eigenvalue weighted by Crippen LogP contribution is -2.20. The molecule has 0 aliphatic carbocycles. The van der Waals surface area contributed by atoms with Crippen LogP contribution in [0.4, 0.5) is 4.39 Å². The maximum absolute atomic E-state index is 13.5. The highest BCUT2D eigenvalue weighted by Crippen LogP contribution is 2.35. The predicted molar refractivity (Wildman–Crippen MR) is 81.2 cm³/mol. The monoisotopic (exact) mass is 309 g/mol. The van der Waals surface area contributed by atoms with E-state index in [2.05, 4.69) is 0 Å². The first-order chi connectivity index (χ1) is 10.1. The molecule has 0 spiro atoms. The number of nitrogens with two attached hydrogens (primary N) is 1. The van der Waals surface area contributed by atoms with Crippen molar-refractivity contribution in [2.45, 2.75) is 12.0 Å². The zero-order chi connectivity index (χ0) is 15.4. The maximum Gasteiger partial charge on any atom is 0.165 e. The fourth-order valence-electron chi connectivity index (χ4n) is 2.29. The van der Waals surface area contributed by atoms with E-state index in [1.165, 1.54) is 25.3 Å². The van der Waals surface area contributed by atoms with Gasteiger partial charge in [0.15, 0.2) is 11.6 Å². The van der Waals surface area contributed by atoms with Gasteiger partial charge in [0.2, 0.25) is 0 Å². The highest BCUT2D eigenvalue weighted by molar-refractivity contribution is 6.31. The molecule has 21 heavy (non-hydrogen) atoms. The van der Waals surface area contributed by atoms with Crippen LogP contribution in [0.25, 0.3) is 0 Å². The Hall–Kier alpha value is -1.62. The zero-order valence-electron chi connectivity index (χ0n) is 11.6. The summed E-state index contributed by atoms with van der Waals surface area (Å²) in [7, 11) is 1.38. The quantitative estimate of drug-likeness (QED) is 0.891. The van der Waals surface area contributed by atoms with Gasteiger partial charge in [0.05, 0.1) is 13.2 Å². The number of rotatable bonds is 5.